The van der Waals surface area contributed by atoms with Crippen LogP contribution in [0.2, 0.25) is 0 Å². The fourth-order valence-electron chi connectivity index (χ4n) is 3.03. The lowest BCUT2D eigenvalue weighted by atomic mass is 10.1. The van der Waals surface area contributed by atoms with Crippen molar-refractivity contribution in [2.75, 3.05) is 0 Å². The first-order valence-electron chi connectivity index (χ1n) is 9.21. The number of hydrogen-bond donors (Lipinski definition) is 0. The van der Waals surface area contributed by atoms with Gasteiger partial charge in [-0.25, -0.2) is 8.42 Å². The Morgan fingerprint density at radius 3 is 2.21 bits per heavy atom. The maximum atomic E-state index is 12.5. The van der Waals surface area contributed by atoms with Crippen LogP contribution in [-0.2, 0) is 14.6 Å². The molecule has 4 heteroatoms. The lowest BCUT2D eigenvalue weighted by Crippen LogP contribution is -2.10. The van der Waals surface area contributed by atoms with Gasteiger partial charge >= 0.3 is 0 Å². The van der Waals surface area contributed by atoms with Gasteiger partial charge in [-0.1, -0.05) is 83.1 Å². The number of sulfone groups is 1. The quantitative estimate of drug-likeness (QED) is 0.381. The molecule has 2 unspecified atom stereocenters. The van der Waals surface area contributed by atoms with Crippen molar-refractivity contribution in [3.63, 3.8) is 0 Å². The Labute approximate surface area is 147 Å². The van der Waals surface area contributed by atoms with Gasteiger partial charge in [0.15, 0.2) is 0 Å². The van der Waals surface area contributed by atoms with Crippen LogP contribution in [0.4, 0.5) is 0 Å². The van der Waals surface area contributed by atoms with Gasteiger partial charge in [0.2, 0.25) is 9.84 Å². The van der Waals surface area contributed by atoms with Crippen LogP contribution in [0.15, 0.2) is 46.7 Å². The van der Waals surface area contributed by atoms with Crippen molar-refractivity contribution >= 4 is 9.84 Å². The van der Waals surface area contributed by atoms with Crippen molar-refractivity contribution in [3.05, 3.63) is 41.8 Å². The summed E-state index contributed by atoms with van der Waals surface area (Å²) in [5.74, 6) is 0. The minimum Gasteiger partial charge on any atom is -0.364 e. The normalized spacial score (nSPS) is 20.0. The van der Waals surface area contributed by atoms with Crippen molar-refractivity contribution in [2.24, 2.45) is 0 Å². The second kappa shape index (κ2) is 9.38. The maximum Gasteiger partial charge on any atom is 0.204 e. The van der Waals surface area contributed by atoms with E-state index in [9.17, 15) is 8.42 Å². The molecule has 2 atom stereocenters. The number of hydrogen-bond acceptors (Lipinski definition) is 3. The summed E-state index contributed by atoms with van der Waals surface area (Å²) in [6.45, 7) is 6.02. The van der Waals surface area contributed by atoms with Crippen molar-refractivity contribution in [3.8, 4) is 0 Å². The van der Waals surface area contributed by atoms with Gasteiger partial charge < -0.3 is 4.74 Å². The van der Waals surface area contributed by atoms with Crippen LogP contribution in [0.25, 0.3) is 0 Å². The molecule has 0 saturated carbocycles. The fraction of sp³-hybridized carbons (Fsp3) is 0.600. The largest absolute Gasteiger partial charge is 0.364 e. The Bertz CT molecular complexity index is 607. The molecule has 0 amide bonds. The molecule has 134 valence electrons. The summed E-state index contributed by atoms with van der Waals surface area (Å²) in [6.07, 6.45) is 10.9. The van der Waals surface area contributed by atoms with Gasteiger partial charge in [-0.05, 0) is 18.6 Å². The van der Waals surface area contributed by atoms with Gasteiger partial charge in [0.05, 0.1) is 15.9 Å². The number of epoxide rings is 1. The predicted molar refractivity (Wildman–Crippen MR) is 98.7 cm³/mol. The van der Waals surface area contributed by atoms with E-state index in [1.54, 1.807) is 30.3 Å². The maximum absolute atomic E-state index is 12.5. The predicted octanol–water partition coefficient (Wildman–Crippen LogP) is 5.27. The second-order valence-corrected chi connectivity index (χ2v) is 8.64. The molecule has 1 aromatic rings. The van der Waals surface area contributed by atoms with Gasteiger partial charge in [0.25, 0.3) is 0 Å². The monoisotopic (exact) mass is 350 g/mol. The third-order valence-corrected chi connectivity index (χ3v) is 6.46. The molecule has 1 saturated heterocycles. The van der Waals surface area contributed by atoms with Gasteiger partial charge in [0, 0.05) is 0 Å². The zero-order valence-corrected chi connectivity index (χ0v) is 15.6. The summed E-state index contributed by atoms with van der Waals surface area (Å²) in [4.78, 5) is 0.509. The summed E-state index contributed by atoms with van der Waals surface area (Å²) in [5.41, 5.74) is 0. The second-order valence-electron chi connectivity index (χ2n) is 6.64. The molecule has 0 spiro atoms. The zero-order valence-electron chi connectivity index (χ0n) is 14.7. The number of benzene rings is 1. The van der Waals surface area contributed by atoms with Gasteiger partial charge in [-0.2, -0.15) is 0 Å². The fourth-order valence-corrected chi connectivity index (χ4v) is 4.36. The lowest BCUT2D eigenvalue weighted by Gasteiger charge is -2.05. The van der Waals surface area contributed by atoms with E-state index < -0.39 is 9.84 Å². The highest BCUT2D eigenvalue weighted by atomic mass is 32.2. The SMILES string of the molecule is C=C(C1OC1CCCCCCCCCC)S(=O)(=O)c1ccccc1. The number of ether oxygens (including phenoxy) is 1. The van der Waals surface area contributed by atoms with Crippen LogP contribution in [0, 0.1) is 0 Å². The van der Waals surface area contributed by atoms with Crippen molar-refractivity contribution < 1.29 is 13.2 Å². The highest BCUT2D eigenvalue weighted by molar-refractivity contribution is 7.95. The van der Waals surface area contributed by atoms with E-state index in [1.807, 2.05) is 0 Å². The molecule has 0 bridgehead atoms. The van der Waals surface area contributed by atoms with Crippen LogP contribution >= 0.6 is 0 Å². The summed E-state index contributed by atoms with van der Waals surface area (Å²) in [6, 6.07) is 8.48. The van der Waals surface area contributed by atoms with E-state index in [2.05, 4.69) is 13.5 Å². The van der Waals surface area contributed by atoms with E-state index in [1.165, 1.54) is 44.9 Å². The van der Waals surface area contributed by atoms with Crippen molar-refractivity contribution in [1.29, 1.82) is 0 Å². The molecule has 0 radical (unpaired) electrons. The van der Waals surface area contributed by atoms with Gasteiger partial charge in [0.1, 0.15) is 6.10 Å². The average molecular weight is 351 g/mol. The first kappa shape index (κ1) is 19.2. The highest BCUT2D eigenvalue weighted by Crippen LogP contribution is 2.37. The van der Waals surface area contributed by atoms with E-state index in [4.69, 9.17) is 4.74 Å². The Kier molecular flexibility index (Phi) is 7.50. The van der Waals surface area contributed by atoms with Gasteiger partial charge in [-0.3, -0.25) is 0 Å². The van der Waals surface area contributed by atoms with E-state index in [0.29, 0.717) is 4.90 Å². The first-order chi connectivity index (χ1) is 11.6. The molecule has 1 fully saturated rings. The van der Waals surface area contributed by atoms with Crippen LogP contribution in [0.5, 0.6) is 0 Å². The molecule has 1 aromatic carbocycles. The molecule has 0 aromatic heterocycles. The minimum absolute atomic E-state index is 0.0380. The third-order valence-electron chi connectivity index (χ3n) is 4.64. The summed E-state index contributed by atoms with van der Waals surface area (Å²) >= 11 is 0. The van der Waals surface area contributed by atoms with E-state index >= 15 is 0 Å². The Morgan fingerprint density at radius 1 is 1.00 bits per heavy atom. The number of unbranched alkanes of at least 4 members (excludes halogenated alkanes) is 7. The standard InChI is InChI=1S/C20H30O3S/c1-3-4-5-6-7-8-9-13-16-19-20(23-19)17(2)24(21,22)18-14-11-10-12-15-18/h10-12,14-15,19-20H,2-9,13,16H2,1H3. The average Bonchev–Trinajstić information content (AvgIpc) is 3.36. The lowest BCUT2D eigenvalue weighted by molar-refractivity contribution is 0.371. The molecular weight excluding hydrogens is 320 g/mol. The topological polar surface area (TPSA) is 46.7 Å². The highest BCUT2D eigenvalue weighted by Gasteiger charge is 2.45. The summed E-state index contributed by atoms with van der Waals surface area (Å²) < 4.78 is 30.5. The first-order valence-corrected chi connectivity index (χ1v) is 10.7. The van der Waals surface area contributed by atoms with Crippen molar-refractivity contribution in [2.45, 2.75) is 81.8 Å². The van der Waals surface area contributed by atoms with Crippen molar-refractivity contribution in [1.82, 2.24) is 0 Å². The van der Waals surface area contributed by atoms with Gasteiger partial charge in [-0.15, -0.1) is 0 Å². The minimum atomic E-state index is -3.48. The smallest absolute Gasteiger partial charge is 0.204 e. The number of rotatable bonds is 12. The van der Waals surface area contributed by atoms with Crippen LogP contribution < -0.4 is 0 Å². The molecule has 0 aliphatic carbocycles. The van der Waals surface area contributed by atoms with Crippen LogP contribution in [0.3, 0.4) is 0 Å². The molecule has 0 N–H and O–H groups in total. The molecule has 24 heavy (non-hydrogen) atoms. The third kappa shape index (κ3) is 5.45. The molecule has 1 aliphatic heterocycles. The molecule has 2 rings (SSSR count). The summed E-state index contributed by atoms with van der Waals surface area (Å²) in [7, 11) is -3.48. The van der Waals surface area contributed by atoms with Crippen LogP contribution in [-0.4, -0.2) is 20.6 Å². The molecule has 3 nitrogen and oxygen atoms in total. The Balaban J connectivity index is 1.65. The van der Waals surface area contributed by atoms with E-state index in [-0.39, 0.29) is 17.1 Å². The summed E-state index contributed by atoms with van der Waals surface area (Å²) in [5, 5.41) is 0. The van der Waals surface area contributed by atoms with Crippen LogP contribution in [0.1, 0.15) is 64.7 Å². The molecular formula is C20H30O3S. The molecule has 1 heterocycles. The Morgan fingerprint density at radius 2 is 1.58 bits per heavy atom. The Hall–Kier alpha value is -1.13. The van der Waals surface area contributed by atoms with E-state index in [0.717, 1.165) is 12.8 Å². The zero-order chi connectivity index (χ0) is 17.4. The molecule has 1 aliphatic rings.